The van der Waals surface area contributed by atoms with E-state index >= 15 is 0 Å². The number of β-amino-alcohol motifs (C(OH)–C–C–N with tert-alkyl or cyclic N) is 1. The van der Waals surface area contributed by atoms with E-state index in [9.17, 15) is 20.0 Å². The Morgan fingerprint density at radius 1 is 1.19 bits per heavy atom. The van der Waals surface area contributed by atoms with Gasteiger partial charge in [-0.1, -0.05) is 54.3 Å². The molecule has 0 radical (unpaired) electrons. The van der Waals surface area contributed by atoms with Crippen LogP contribution in [0.1, 0.15) is 35.2 Å². The summed E-state index contributed by atoms with van der Waals surface area (Å²) < 4.78 is 1.98. The van der Waals surface area contributed by atoms with E-state index in [-0.39, 0.29) is 29.7 Å². The number of carbonyl (C=O) groups excluding carboxylic acids is 1. The third-order valence-electron chi connectivity index (χ3n) is 6.82. The highest BCUT2D eigenvalue weighted by Crippen LogP contribution is 2.39. The fourth-order valence-electron chi connectivity index (χ4n) is 4.74. The van der Waals surface area contributed by atoms with Crippen molar-refractivity contribution in [2.75, 3.05) is 44.2 Å². The number of piperazine rings is 1. The minimum atomic E-state index is -0.356. The lowest BCUT2D eigenvalue weighted by molar-refractivity contribution is -0.123. The first-order chi connectivity index (χ1) is 17.3. The van der Waals surface area contributed by atoms with Gasteiger partial charge in [0.05, 0.1) is 17.6 Å². The van der Waals surface area contributed by atoms with E-state index in [1.807, 2.05) is 43.3 Å². The molecule has 0 aliphatic carbocycles. The lowest BCUT2D eigenvalue weighted by atomic mass is 10.0. The van der Waals surface area contributed by atoms with Gasteiger partial charge in [0, 0.05) is 45.3 Å². The summed E-state index contributed by atoms with van der Waals surface area (Å²) in [6.07, 6.45) is 1.78. The minimum Gasteiger partial charge on any atom is -0.395 e. The molecule has 4 rings (SSSR count). The molecule has 1 N–H and O–H groups in total. The first kappa shape index (κ1) is 26.1. The predicted molar refractivity (Wildman–Crippen MR) is 147 cm³/mol. The van der Waals surface area contributed by atoms with E-state index in [1.165, 1.54) is 16.3 Å². The Morgan fingerprint density at radius 3 is 2.47 bits per heavy atom. The second-order valence-electron chi connectivity index (χ2n) is 8.90. The van der Waals surface area contributed by atoms with Crippen molar-refractivity contribution in [2.24, 2.45) is 7.05 Å². The molecule has 8 nitrogen and oxygen atoms in total. The molecule has 2 aromatic rings. The summed E-state index contributed by atoms with van der Waals surface area (Å²) in [5.41, 5.74) is 1.93. The number of benzene rings is 1. The average molecular weight is 524 g/mol. The Kier molecular flexibility index (Phi) is 7.95. The van der Waals surface area contributed by atoms with Crippen LogP contribution < -0.4 is 10.5 Å². The lowest BCUT2D eigenvalue weighted by Crippen LogP contribution is -2.49. The maximum Gasteiger partial charge on any atom is 0.270 e. The van der Waals surface area contributed by atoms with Gasteiger partial charge in [0.2, 0.25) is 0 Å². The van der Waals surface area contributed by atoms with E-state index in [1.54, 1.807) is 24.9 Å². The van der Waals surface area contributed by atoms with Crippen LogP contribution >= 0.6 is 24.0 Å². The van der Waals surface area contributed by atoms with Gasteiger partial charge in [0.15, 0.2) is 0 Å². The number of amides is 1. The van der Waals surface area contributed by atoms with Crippen LogP contribution in [0.5, 0.6) is 0 Å². The van der Waals surface area contributed by atoms with Gasteiger partial charge in [-0.25, -0.2) is 0 Å². The first-order valence-corrected chi connectivity index (χ1v) is 13.0. The molecule has 36 heavy (non-hydrogen) atoms. The molecule has 1 unspecified atom stereocenters. The van der Waals surface area contributed by atoms with Crippen LogP contribution in [0.4, 0.5) is 5.82 Å². The van der Waals surface area contributed by atoms with Gasteiger partial charge in [-0.2, -0.15) is 5.26 Å². The van der Waals surface area contributed by atoms with Crippen LogP contribution in [0, 0.1) is 18.3 Å². The number of anilines is 1. The monoisotopic (exact) mass is 523 g/mol. The molecule has 2 aliphatic rings. The highest BCUT2D eigenvalue weighted by atomic mass is 32.2. The van der Waals surface area contributed by atoms with Crippen molar-refractivity contribution in [2.45, 2.75) is 19.9 Å². The maximum atomic E-state index is 13.5. The lowest BCUT2D eigenvalue weighted by Gasteiger charge is -2.37. The fraction of sp³-hybridized carbons (Fsp3) is 0.385. The van der Waals surface area contributed by atoms with Crippen LogP contribution in [0.2, 0.25) is 0 Å². The number of aliphatic hydroxyl groups is 1. The summed E-state index contributed by atoms with van der Waals surface area (Å²) in [6.45, 7) is 7.21. The number of nitriles is 1. The zero-order valence-corrected chi connectivity index (χ0v) is 22.2. The van der Waals surface area contributed by atoms with Crippen molar-refractivity contribution < 1.29 is 9.90 Å². The Hall–Kier alpha value is -2.97. The standard InChI is InChI=1S/C26H29N5O3S2/c1-17-20(15-22-25(34)31(26(35)36-22)18(2)19-7-5-4-6-8-19)23(28(3)24(33)21(17)16-27)30-11-9-29(10-12-30)13-14-32/h4-8,15,18,32H,9-14H2,1-3H3. The largest absolute Gasteiger partial charge is 0.395 e. The number of aliphatic hydroxyl groups excluding tert-OH is 1. The summed E-state index contributed by atoms with van der Waals surface area (Å²) in [5, 5.41) is 19.0. The van der Waals surface area contributed by atoms with Crippen LogP contribution in [-0.4, -0.2) is 69.0 Å². The molecular weight excluding hydrogens is 494 g/mol. The summed E-state index contributed by atoms with van der Waals surface area (Å²) >= 11 is 6.83. The van der Waals surface area contributed by atoms with E-state index in [4.69, 9.17) is 12.2 Å². The Balaban J connectivity index is 1.75. The first-order valence-electron chi connectivity index (χ1n) is 11.8. The number of hydrogen-bond acceptors (Lipinski definition) is 8. The maximum absolute atomic E-state index is 13.5. The van der Waals surface area contributed by atoms with E-state index in [0.29, 0.717) is 45.8 Å². The van der Waals surface area contributed by atoms with Crippen molar-refractivity contribution in [1.82, 2.24) is 14.4 Å². The van der Waals surface area contributed by atoms with E-state index in [0.717, 1.165) is 18.7 Å². The van der Waals surface area contributed by atoms with Gasteiger partial charge in [0.25, 0.3) is 11.5 Å². The number of thiocarbonyl (C=S) groups is 1. The van der Waals surface area contributed by atoms with Gasteiger partial charge in [0.1, 0.15) is 21.8 Å². The molecule has 0 spiro atoms. The molecule has 10 heteroatoms. The van der Waals surface area contributed by atoms with E-state index in [2.05, 4.69) is 9.80 Å². The van der Waals surface area contributed by atoms with Crippen molar-refractivity contribution >= 4 is 46.1 Å². The Bertz CT molecular complexity index is 1310. The molecule has 188 valence electrons. The van der Waals surface area contributed by atoms with Gasteiger partial charge in [-0.05, 0) is 31.1 Å². The predicted octanol–water partition coefficient (Wildman–Crippen LogP) is 2.64. The normalized spacial score (nSPS) is 18.7. The molecule has 0 bridgehead atoms. The Morgan fingerprint density at radius 2 is 1.86 bits per heavy atom. The van der Waals surface area contributed by atoms with Gasteiger partial charge >= 0.3 is 0 Å². The molecule has 1 aromatic carbocycles. The number of pyridine rings is 1. The fourth-order valence-corrected chi connectivity index (χ4v) is 6.14. The molecule has 2 aliphatic heterocycles. The van der Waals surface area contributed by atoms with Crippen LogP contribution in [0.3, 0.4) is 0 Å². The van der Waals surface area contributed by atoms with Gasteiger partial charge in [-0.3, -0.25) is 24.0 Å². The summed E-state index contributed by atoms with van der Waals surface area (Å²) in [5.74, 6) is 0.494. The number of rotatable bonds is 6. The molecular formula is C26H29N5O3S2. The van der Waals surface area contributed by atoms with Crippen LogP contribution in [0.15, 0.2) is 40.0 Å². The third-order valence-corrected chi connectivity index (χ3v) is 8.15. The topological polar surface area (TPSA) is 92.8 Å². The highest BCUT2D eigenvalue weighted by Gasteiger charge is 2.36. The quantitative estimate of drug-likeness (QED) is 0.456. The average Bonchev–Trinajstić information content (AvgIpc) is 3.16. The van der Waals surface area contributed by atoms with Crippen molar-refractivity contribution in [3.8, 4) is 6.07 Å². The SMILES string of the molecule is Cc1c(C=C2SC(=S)N(C(C)c3ccccc3)C2=O)c(N2CCN(CCO)CC2)n(C)c(=O)c1C#N. The Labute approximate surface area is 220 Å². The number of carbonyl (C=O) groups is 1. The number of aromatic nitrogens is 1. The molecule has 1 atom stereocenters. The smallest absolute Gasteiger partial charge is 0.270 e. The summed E-state index contributed by atoms with van der Waals surface area (Å²) in [7, 11) is 1.66. The van der Waals surface area contributed by atoms with Gasteiger partial charge < -0.3 is 10.0 Å². The highest BCUT2D eigenvalue weighted by molar-refractivity contribution is 8.26. The van der Waals surface area contributed by atoms with Crippen molar-refractivity contribution in [3.05, 3.63) is 67.8 Å². The number of nitrogens with zero attached hydrogens (tertiary/aromatic N) is 5. The molecule has 0 saturated carbocycles. The molecule has 2 fully saturated rings. The van der Waals surface area contributed by atoms with Crippen molar-refractivity contribution in [1.29, 1.82) is 5.26 Å². The van der Waals surface area contributed by atoms with E-state index < -0.39 is 0 Å². The zero-order chi connectivity index (χ0) is 26.0. The molecule has 2 saturated heterocycles. The molecule has 3 heterocycles. The summed E-state index contributed by atoms with van der Waals surface area (Å²) in [6, 6.07) is 11.6. The van der Waals surface area contributed by atoms with Crippen molar-refractivity contribution in [3.63, 3.8) is 0 Å². The second kappa shape index (κ2) is 11.0. The zero-order valence-electron chi connectivity index (χ0n) is 20.6. The molecule has 1 amide bonds. The van der Waals surface area contributed by atoms with Crippen LogP contribution in [-0.2, 0) is 11.8 Å². The van der Waals surface area contributed by atoms with Gasteiger partial charge in [-0.15, -0.1) is 0 Å². The van der Waals surface area contributed by atoms with Crippen LogP contribution in [0.25, 0.3) is 6.08 Å². The minimum absolute atomic E-state index is 0.0690. The second-order valence-corrected chi connectivity index (χ2v) is 10.6. The summed E-state index contributed by atoms with van der Waals surface area (Å²) in [4.78, 5) is 32.9. The number of thioether (sulfide) groups is 1. The number of hydrogen-bond donors (Lipinski definition) is 1. The third kappa shape index (κ3) is 4.84. The molecule has 1 aromatic heterocycles.